The molecule has 0 bridgehead atoms. The van der Waals surface area contributed by atoms with E-state index in [2.05, 4.69) is 39.6 Å². The van der Waals surface area contributed by atoms with Crippen LogP contribution < -0.4 is 21.3 Å². The van der Waals surface area contributed by atoms with E-state index in [1.165, 1.54) is 128 Å². The van der Waals surface area contributed by atoms with E-state index in [4.69, 9.17) is 10.2 Å². The van der Waals surface area contributed by atoms with Crippen LogP contribution >= 0.6 is 0 Å². The zero-order valence-electron chi connectivity index (χ0n) is 36.4. The summed E-state index contributed by atoms with van der Waals surface area (Å²) in [6.07, 6.45) is 43.2. The van der Waals surface area contributed by atoms with Crippen LogP contribution in [-0.4, -0.2) is 97.0 Å². The summed E-state index contributed by atoms with van der Waals surface area (Å²) in [5.41, 5.74) is 0. The Balaban J connectivity index is 3.47. The summed E-state index contributed by atoms with van der Waals surface area (Å²) in [5, 5.41) is 40.3. The van der Waals surface area contributed by atoms with Gasteiger partial charge in [-0.25, -0.2) is 0 Å². The van der Waals surface area contributed by atoms with E-state index in [0.29, 0.717) is 19.4 Å². The molecule has 0 aromatic carbocycles. The first kappa shape index (κ1) is 54.4. The summed E-state index contributed by atoms with van der Waals surface area (Å²) in [6, 6.07) is 0. The van der Waals surface area contributed by atoms with E-state index in [0.717, 1.165) is 97.2 Å². The topological polar surface area (TPSA) is 163 Å². The quantitative estimate of drug-likeness (QED) is 0.0293. The van der Waals surface area contributed by atoms with Crippen molar-refractivity contribution in [3.63, 3.8) is 0 Å². The largest absolute Gasteiger partial charge is 0.481 e. The first-order valence-corrected chi connectivity index (χ1v) is 23.5. The first-order valence-electron chi connectivity index (χ1n) is 23.5. The molecule has 0 radical (unpaired) electrons. The Kier molecular flexibility index (Phi) is 43.9. The number of nitrogens with zero attached hydrogens (tertiary/aromatic N) is 1. The number of aliphatic carboxylic acids is 3. The molecule has 0 rings (SSSR count). The molecule has 0 heterocycles. The molecule has 11 nitrogen and oxygen atoms in total. The Morgan fingerprint density at radius 1 is 0.386 bits per heavy atom. The van der Waals surface area contributed by atoms with Gasteiger partial charge in [-0.2, -0.15) is 0 Å². The molecule has 0 atom stereocenters. The molecule has 0 aliphatic carbocycles. The fourth-order valence-corrected chi connectivity index (χ4v) is 6.93. The van der Waals surface area contributed by atoms with E-state index < -0.39 is 17.9 Å². The molecule has 0 unspecified atom stereocenters. The molecule has 0 saturated heterocycles. The molecular weight excluding hydrogens is 719 g/mol. The summed E-state index contributed by atoms with van der Waals surface area (Å²) in [7, 11) is 0. The second-order valence-corrected chi connectivity index (χ2v) is 15.9. The monoisotopic (exact) mass is 808 g/mol. The highest BCUT2D eigenvalue weighted by Gasteiger charge is 2.05. The van der Waals surface area contributed by atoms with Crippen LogP contribution in [-0.2, 0) is 14.4 Å². The Bertz CT molecular complexity index is 950. The van der Waals surface area contributed by atoms with E-state index in [-0.39, 0.29) is 6.54 Å². The maximum absolute atomic E-state index is 11.3. The molecular formula is C46H89N5O6. The third-order valence-electron chi connectivity index (χ3n) is 10.4. The number of rotatable bonds is 48. The van der Waals surface area contributed by atoms with Crippen molar-refractivity contribution in [2.75, 3.05) is 58.9 Å². The first-order chi connectivity index (χ1) is 27.9. The van der Waals surface area contributed by atoms with Gasteiger partial charge >= 0.3 is 17.9 Å². The highest BCUT2D eigenvalue weighted by molar-refractivity contribution is 5.69. The maximum atomic E-state index is 11.3. The SMILES string of the molecule is O=C(O)CCCCCCCCCCCCCCCC=CNCCNCCNCCNCCN(C=CCCCCCCCCCCCCCCCC(=O)O)CC(=O)O. The summed E-state index contributed by atoms with van der Waals surface area (Å²) < 4.78 is 0. The summed E-state index contributed by atoms with van der Waals surface area (Å²) in [6.45, 7) is 6.92. The van der Waals surface area contributed by atoms with Crippen LogP contribution in [0.5, 0.6) is 0 Å². The van der Waals surface area contributed by atoms with Crippen LogP contribution in [0.15, 0.2) is 24.6 Å². The molecule has 57 heavy (non-hydrogen) atoms. The number of nitrogens with one attached hydrogen (secondary N) is 4. The number of hydrogen-bond acceptors (Lipinski definition) is 8. The van der Waals surface area contributed by atoms with Gasteiger partial charge in [0.15, 0.2) is 0 Å². The van der Waals surface area contributed by atoms with Crippen LogP contribution in [0.4, 0.5) is 0 Å². The second kappa shape index (κ2) is 46.1. The smallest absolute Gasteiger partial charge is 0.323 e. The molecule has 0 spiro atoms. The average Bonchev–Trinajstić information content (AvgIpc) is 3.17. The van der Waals surface area contributed by atoms with Crippen molar-refractivity contribution >= 4 is 17.9 Å². The predicted molar refractivity (Wildman–Crippen MR) is 238 cm³/mol. The van der Waals surface area contributed by atoms with E-state index in [9.17, 15) is 19.5 Å². The highest BCUT2D eigenvalue weighted by atomic mass is 16.4. The molecule has 0 fully saturated rings. The minimum absolute atomic E-state index is 0.0298. The summed E-state index contributed by atoms with van der Waals surface area (Å²) >= 11 is 0. The van der Waals surface area contributed by atoms with Crippen molar-refractivity contribution in [1.29, 1.82) is 0 Å². The number of unbranched alkanes of at least 4 members (excludes halogenated alkanes) is 26. The molecule has 0 aliphatic heterocycles. The van der Waals surface area contributed by atoms with Crippen molar-refractivity contribution in [1.82, 2.24) is 26.2 Å². The van der Waals surface area contributed by atoms with Gasteiger partial charge in [0.25, 0.3) is 0 Å². The number of carboxylic acid groups (broad SMARTS) is 3. The number of hydrogen-bond donors (Lipinski definition) is 7. The normalized spacial score (nSPS) is 11.6. The number of carbonyl (C=O) groups is 3. The molecule has 334 valence electrons. The van der Waals surface area contributed by atoms with Crippen molar-refractivity contribution in [3.8, 4) is 0 Å². The predicted octanol–water partition coefficient (Wildman–Crippen LogP) is 9.63. The Morgan fingerprint density at radius 3 is 1.11 bits per heavy atom. The zero-order valence-corrected chi connectivity index (χ0v) is 36.4. The van der Waals surface area contributed by atoms with Crippen molar-refractivity contribution in [3.05, 3.63) is 24.6 Å². The molecule has 0 saturated carbocycles. The van der Waals surface area contributed by atoms with Crippen LogP contribution in [0.1, 0.15) is 193 Å². The van der Waals surface area contributed by atoms with E-state index >= 15 is 0 Å². The van der Waals surface area contributed by atoms with E-state index in [1.54, 1.807) is 0 Å². The van der Waals surface area contributed by atoms with Crippen LogP contribution in [0.2, 0.25) is 0 Å². The fourth-order valence-electron chi connectivity index (χ4n) is 6.93. The zero-order chi connectivity index (χ0) is 41.5. The van der Waals surface area contributed by atoms with Crippen molar-refractivity contribution < 1.29 is 29.7 Å². The number of allylic oxidation sites excluding steroid dienone is 2. The lowest BCUT2D eigenvalue weighted by Crippen LogP contribution is -2.37. The molecule has 0 aromatic heterocycles. The van der Waals surface area contributed by atoms with Crippen molar-refractivity contribution in [2.45, 2.75) is 193 Å². The van der Waals surface area contributed by atoms with Crippen LogP contribution in [0.3, 0.4) is 0 Å². The van der Waals surface area contributed by atoms with Gasteiger partial charge in [-0.3, -0.25) is 14.4 Å². The minimum Gasteiger partial charge on any atom is -0.481 e. The Morgan fingerprint density at radius 2 is 0.719 bits per heavy atom. The Labute approximate surface area is 349 Å². The van der Waals surface area contributed by atoms with Crippen LogP contribution in [0.25, 0.3) is 0 Å². The van der Waals surface area contributed by atoms with Gasteiger partial charge < -0.3 is 41.5 Å². The molecule has 7 N–H and O–H groups in total. The summed E-state index contributed by atoms with van der Waals surface area (Å²) in [5.74, 6) is -2.15. The Hall–Kier alpha value is -2.63. The van der Waals surface area contributed by atoms with Gasteiger partial charge in [0.05, 0.1) is 0 Å². The number of carboxylic acids is 3. The lowest BCUT2D eigenvalue weighted by molar-refractivity contribution is -0.138. The third kappa shape index (κ3) is 49.4. The highest BCUT2D eigenvalue weighted by Crippen LogP contribution is 2.15. The molecule has 0 aliphatic rings. The van der Waals surface area contributed by atoms with Gasteiger partial charge in [-0.15, -0.1) is 0 Å². The second-order valence-electron chi connectivity index (χ2n) is 15.9. The maximum Gasteiger partial charge on any atom is 0.323 e. The molecule has 11 heteroatoms. The lowest BCUT2D eigenvalue weighted by atomic mass is 10.0. The lowest BCUT2D eigenvalue weighted by Gasteiger charge is -2.18. The van der Waals surface area contributed by atoms with Gasteiger partial charge in [-0.05, 0) is 50.9 Å². The molecule has 0 aromatic rings. The van der Waals surface area contributed by atoms with Gasteiger partial charge in [0, 0.05) is 65.2 Å². The van der Waals surface area contributed by atoms with Crippen molar-refractivity contribution in [2.24, 2.45) is 0 Å². The van der Waals surface area contributed by atoms with Gasteiger partial charge in [0.2, 0.25) is 0 Å². The van der Waals surface area contributed by atoms with E-state index in [1.807, 2.05) is 11.1 Å². The fraction of sp³-hybridized carbons (Fsp3) is 0.848. The summed E-state index contributed by atoms with van der Waals surface area (Å²) in [4.78, 5) is 34.2. The van der Waals surface area contributed by atoms with Crippen LogP contribution in [0, 0.1) is 0 Å². The van der Waals surface area contributed by atoms with Gasteiger partial charge in [-0.1, -0.05) is 153 Å². The molecule has 0 amide bonds. The minimum atomic E-state index is -0.799. The average molecular weight is 808 g/mol. The standard InChI is InChI=1S/C46H89N5O6/c52-44(53)31-27-23-19-15-11-7-3-1-5-9-13-17-21-25-29-33-47-34-35-48-36-37-49-38-39-50-40-42-51(43-46(56)57)41-30-26-22-18-14-10-6-2-4-8-12-16-20-24-28-32-45(54)55/h29-30,33,41,47-50H,1-28,31-32,34-40,42-43H2,(H,52,53)(H,54,55)(H,56,57). The third-order valence-corrected chi connectivity index (χ3v) is 10.4. The van der Waals surface area contributed by atoms with Gasteiger partial charge in [0.1, 0.15) is 6.54 Å².